The fraction of sp³-hybridized carbons (Fsp3) is 0.257. The van der Waals surface area contributed by atoms with Crippen LogP contribution in [-0.2, 0) is 21.3 Å². The minimum Gasteiger partial charge on any atom is -0.477 e. The third-order valence-corrected chi connectivity index (χ3v) is 9.68. The van der Waals surface area contributed by atoms with Crippen LogP contribution in [0.15, 0.2) is 97.5 Å². The van der Waals surface area contributed by atoms with E-state index in [2.05, 4.69) is 19.9 Å². The van der Waals surface area contributed by atoms with Gasteiger partial charge in [0.05, 0.1) is 28.1 Å². The van der Waals surface area contributed by atoms with Crippen LogP contribution in [0.1, 0.15) is 55.0 Å². The van der Waals surface area contributed by atoms with E-state index in [1.54, 1.807) is 67.1 Å². The summed E-state index contributed by atoms with van der Waals surface area (Å²) in [5.74, 6) is -0.788. The number of esters is 3. The second-order valence-corrected chi connectivity index (χ2v) is 11.9. The van der Waals surface area contributed by atoms with Crippen molar-refractivity contribution in [2.24, 2.45) is 0 Å². The Kier molecular flexibility index (Phi) is 6.47. The molecule has 2 aliphatic heterocycles. The zero-order chi connectivity index (χ0) is 31.5. The van der Waals surface area contributed by atoms with Gasteiger partial charge < -0.3 is 18.9 Å². The molecular weight excluding hydrogens is 588 g/mol. The maximum Gasteiger partial charge on any atom is 0.345 e. The molecule has 1 saturated heterocycles. The number of nitrogens with zero attached hydrogens (tertiary/aromatic N) is 4. The van der Waals surface area contributed by atoms with Gasteiger partial charge in [0.25, 0.3) is 0 Å². The predicted octanol–water partition coefficient (Wildman–Crippen LogP) is 4.09. The van der Waals surface area contributed by atoms with Crippen molar-refractivity contribution < 1.29 is 33.3 Å². The molecule has 4 aliphatic rings. The number of likely N-dealkylation sites (N-methyl/N-ethyl adjacent to an activating group) is 1. The molecule has 0 saturated carbocycles. The topological polar surface area (TPSA) is 130 Å². The molecule has 3 aromatic heterocycles. The van der Waals surface area contributed by atoms with Crippen molar-refractivity contribution in [2.75, 3.05) is 13.6 Å². The van der Waals surface area contributed by atoms with Gasteiger partial charge in [-0.2, -0.15) is 0 Å². The summed E-state index contributed by atoms with van der Waals surface area (Å²) in [6.07, 6.45) is 11.4. The molecule has 2 bridgehead atoms. The first kappa shape index (κ1) is 28.1. The average Bonchev–Trinajstić information content (AvgIpc) is 3.45. The summed E-state index contributed by atoms with van der Waals surface area (Å²) in [7, 11) is 2.03. The quantitative estimate of drug-likeness (QED) is 0.229. The summed E-state index contributed by atoms with van der Waals surface area (Å²) in [6, 6.07) is 13.4. The molecule has 1 aromatic carbocycles. The molecular formula is C35H28N4O7. The Labute approximate surface area is 263 Å². The van der Waals surface area contributed by atoms with E-state index in [0.29, 0.717) is 36.5 Å². The lowest BCUT2D eigenvalue weighted by Gasteiger charge is -2.62. The van der Waals surface area contributed by atoms with Crippen LogP contribution in [0, 0.1) is 0 Å². The van der Waals surface area contributed by atoms with Gasteiger partial charge in [-0.25, -0.2) is 14.4 Å². The zero-order valence-corrected chi connectivity index (χ0v) is 24.8. The first-order chi connectivity index (χ1) is 22.4. The highest BCUT2D eigenvalue weighted by Gasteiger charge is 2.74. The SMILES string of the molecule is CN1CC[C@]23c4c5ccc(OC(=O)c6cccnc6)c4OC2C(OC(=O)c2cccnc2)=CC[C@@]3(OC(=O)c2cccnc2)[C@H]1C5. The minimum atomic E-state index is -1.11. The Bertz CT molecular complexity index is 1900. The fourth-order valence-corrected chi connectivity index (χ4v) is 7.68. The Morgan fingerprint density at radius 1 is 0.848 bits per heavy atom. The highest BCUT2D eigenvalue weighted by Crippen LogP contribution is 2.66. The summed E-state index contributed by atoms with van der Waals surface area (Å²) >= 11 is 0. The van der Waals surface area contributed by atoms with E-state index in [4.69, 9.17) is 18.9 Å². The van der Waals surface area contributed by atoms with Gasteiger partial charge in [0, 0.05) is 49.2 Å². The van der Waals surface area contributed by atoms with Crippen LogP contribution >= 0.6 is 0 Å². The van der Waals surface area contributed by atoms with E-state index < -0.39 is 35.0 Å². The van der Waals surface area contributed by atoms with Crippen LogP contribution in [0.25, 0.3) is 0 Å². The number of ether oxygens (including phenoxy) is 4. The normalized spacial score (nSPS) is 25.4. The molecule has 4 atom stereocenters. The van der Waals surface area contributed by atoms with Gasteiger partial charge in [-0.15, -0.1) is 0 Å². The molecule has 1 fully saturated rings. The van der Waals surface area contributed by atoms with Gasteiger partial charge in [-0.1, -0.05) is 6.07 Å². The fourth-order valence-electron chi connectivity index (χ4n) is 7.68. The third-order valence-electron chi connectivity index (χ3n) is 9.68. The summed E-state index contributed by atoms with van der Waals surface area (Å²) in [4.78, 5) is 54.8. The molecule has 1 spiro atoms. The molecule has 8 rings (SSSR count). The van der Waals surface area contributed by atoms with Gasteiger partial charge in [0.15, 0.2) is 17.6 Å². The van der Waals surface area contributed by atoms with E-state index in [1.807, 2.05) is 13.1 Å². The van der Waals surface area contributed by atoms with Crippen LogP contribution in [-0.4, -0.2) is 69.1 Å². The number of hydrogen-bond acceptors (Lipinski definition) is 11. The number of hydrogen-bond donors (Lipinski definition) is 0. The van der Waals surface area contributed by atoms with E-state index in [0.717, 1.165) is 11.1 Å². The zero-order valence-electron chi connectivity index (χ0n) is 24.8. The first-order valence-corrected chi connectivity index (χ1v) is 15.0. The van der Waals surface area contributed by atoms with Crippen molar-refractivity contribution in [1.29, 1.82) is 0 Å². The van der Waals surface area contributed by atoms with Crippen LogP contribution in [0.4, 0.5) is 0 Å². The largest absolute Gasteiger partial charge is 0.477 e. The number of likely N-dealkylation sites (tertiary alicyclic amines) is 1. The number of carbonyl (C=O) groups is 3. The van der Waals surface area contributed by atoms with Gasteiger partial charge in [-0.05, 0) is 80.5 Å². The Morgan fingerprint density at radius 2 is 1.48 bits per heavy atom. The predicted molar refractivity (Wildman–Crippen MR) is 161 cm³/mol. The lowest BCUT2D eigenvalue weighted by molar-refractivity contribution is -0.167. The molecule has 0 radical (unpaired) electrons. The van der Waals surface area contributed by atoms with E-state index in [9.17, 15) is 14.4 Å². The van der Waals surface area contributed by atoms with Crippen LogP contribution in [0.3, 0.4) is 0 Å². The van der Waals surface area contributed by atoms with E-state index in [-0.39, 0.29) is 29.3 Å². The number of piperidine rings is 1. The molecule has 0 amide bonds. The maximum atomic E-state index is 13.8. The van der Waals surface area contributed by atoms with Gasteiger partial charge in [0.1, 0.15) is 11.4 Å². The number of benzene rings is 1. The smallest absolute Gasteiger partial charge is 0.345 e. The van der Waals surface area contributed by atoms with E-state index >= 15 is 0 Å². The molecule has 46 heavy (non-hydrogen) atoms. The summed E-state index contributed by atoms with van der Waals surface area (Å²) in [5.41, 5.74) is 0.627. The van der Waals surface area contributed by atoms with E-state index in [1.165, 1.54) is 18.6 Å². The standard InChI is InChI=1S/C35H28N4O7/c1-39-16-12-34-28-21-8-9-25(43-31(40)22-5-2-13-36-18-22)29(28)45-30(34)26(44-32(41)23-6-3-14-37-19-23)10-11-35(34,27(39)17-21)46-33(42)24-7-4-15-38-20-24/h2-10,13-15,18-20,27,30H,11-12,16-17H2,1H3/t27-,30?,34+,35-/m1/s1. The lowest BCUT2D eigenvalue weighted by atomic mass is 9.50. The van der Waals surface area contributed by atoms with Crippen molar-refractivity contribution in [3.05, 3.63) is 125 Å². The number of aromatic nitrogens is 3. The third kappa shape index (κ3) is 4.08. The lowest BCUT2D eigenvalue weighted by Crippen LogP contribution is -2.75. The molecule has 11 nitrogen and oxygen atoms in total. The molecule has 4 aromatic rings. The van der Waals surface area contributed by atoms with Crippen LogP contribution < -0.4 is 9.47 Å². The number of rotatable bonds is 6. The second kappa shape index (κ2) is 10.6. The van der Waals surface area contributed by atoms with Crippen molar-refractivity contribution in [3.63, 3.8) is 0 Å². The highest BCUT2D eigenvalue weighted by molar-refractivity contribution is 5.92. The Morgan fingerprint density at radius 3 is 2.11 bits per heavy atom. The maximum absolute atomic E-state index is 13.8. The molecule has 230 valence electrons. The second-order valence-electron chi connectivity index (χ2n) is 11.9. The van der Waals surface area contributed by atoms with Gasteiger partial charge >= 0.3 is 17.9 Å². The summed E-state index contributed by atoms with van der Waals surface area (Å²) in [5, 5.41) is 0. The van der Waals surface area contributed by atoms with Crippen molar-refractivity contribution >= 4 is 17.9 Å². The number of pyridine rings is 3. The van der Waals surface area contributed by atoms with Crippen molar-refractivity contribution in [1.82, 2.24) is 19.9 Å². The summed E-state index contributed by atoms with van der Waals surface area (Å²) < 4.78 is 25.4. The molecule has 5 heterocycles. The molecule has 1 unspecified atom stereocenters. The Balaban J connectivity index is 1.28. The van der Waals surface area contributed by atoms with Gasteiger partial charge in [-0.3, -0.25) is 19.9 Å². The monoisotopic (exact) mass is 616 g/mol. The summed E-state index contributed by atoms with van der Waals surface area (Å²) in [6.45, 7) is 0.666. The molecule has 0 N–H and O–H groups in total. The van der Waals surface area contributed by atoms with Crippen molar-refractivity contribution in [2.45, 2.75) is 42.4 Å². The van der Waals surface area contributed by atoms with Crippen LogP contribution in [0.2, 0.25) is 0 Å². The van der Waals surface area contributed by atoms with Crippen molar-refractivity contribution in [3.8, 4) is 11.5 Å². The molecule has 11 heteroatoms. The van der Waals surface area contributed by atoms with Crippen LogP contribution in [0.5, 0.6) is 11.5 Å². The highest BCUT2D eigenvalue weighted by atomic mass is 16.6. The Hall–Kier alpha value is -5.42. The molecule has 2 aliphatic carbocycles. The first-order valence-electron chi connectivity index (χ1n) is 15.0. The number of carbonyl (C=O) groups excluding carboxylic acids is 3. The average molecular weight is 617 g/mol. The van der Waals surface area contributed by atoms with Gasteiger partial charge in [0.2, 0.25) is 0 Å². The minimum absolute atomic E-state index is 0.220.